The SMILES string of the molecule is CC(C)c1ccc([C@H](NC(=O)[C@@H]2C[C@@H](F)CN2C(=O)Cc2cn[nH]n2)c2ccc3cn[nH]c3c2)nc1F. The summed E-state index contributed by atoms with van der Waals surface area (Å²) in [5.41, 5.74) is 2.49. The fourth-order valence-corrected chi connectivity index (χ4v) is 4.63. The van der Waals surface area contributed by atoms with E-state index in [1.807, 2.05) is 19.9 Å². The number of hydrogen-bond donors (Lipinski definition) is 3. The van der Waals surface area contributed by atoms with E-state index < -0.39 is 36.0 Å². The number of likely N-dealkylation sites (tertiary alicyclic amines) is 1. The smallest absolute Gasteiger partial charge is 0.243 e. The molecule has 0 aliphatic carbocycles. The Kier molecular flexibility index (Phi) is 6.64. The normalized spacial score (nSPS) is 18.5. The molecule has 0 saturated carbocycles. The van der Waals surface area contributed by atoms with E-state index in [0.29, 0.717) is 16.8 Å². The van der Waals surface area contributed by atoms with Gasteiger partial charge in [-0.1, -0.05) is 32.0 Å². The van der Waals surface area contributed by atoms with Gasteiger partial charge in [-0.3, -0.25) is 14.7 Å². The number of carbonyl (C=O) groups is 2. The van der Waals surface area contributed by atoms with Crippen molar-refractivity contribution >= 4 is 22.7 Å². The number of aromatic nitrogens is 6. The lowest BCUT2D eigenvalue weighted by molar-refractivity contribution is -0.138. The molecule has 1 saturated heterocycles. The van der Waals surface area contributed by atoms with Crippen molar-refractivity contribution in [2.45, 2.75) is 50.9 Å². The predicted octanol–water partition coefficient (Wildman–Crippen LogP) is 2.73. The average Bonchev–Trinajstić information content (AvgIpc) is 3.62. The van der Waals surface area contributed by atoms with Crippen LogP contribution in [0.2, 0.25) is 0 Å². The van der Waals surface area contributed by atoms with E-state index in [1.165, 1.54) is 11.1 Å². The maximum Gasteiger partial charge on any atom is 0.243 e. The van der Waals surface area contributed by atoms with Gasteiger partial charge in [0.25, 0.3) is 0 Å². The van der Waals surface area contributed by atoms with E-state index in [0.717, 1.165) is 10.9 Å². The van der Waals surface area contributed by atoms with Gasteiger partial charge in [0.2, 0.25) is 17.8 Å². The first-order valence-electron chi connectivity index (χ1n) is 12.0. The van der Waals surface area contributed by atoms with E-state index in [1.54, 1.807) is 30.5 Å². The van der Waals surface area contributed by atoms with Crippen molar-refractivity contribution in [3.05, 3.63) is 71.2 Å². The molecule has 1 aliphatic rings. The van der Waals surface area contributed by atoms with Crippen LogP contribution in [0.25, 0.3) is 10.9 Å². The summed E-state index contributed by atoms with van der Waals surface area (Å²) in [6, 6.07) is 6.85. The van der Waals surface area contributed by atoms with Gasteiger partial charge in [-0.05, 0) is 23.6 Å². The van der Waals surface area contributed by atoms with Crippen LogP contribution in [0.5, 0.6) is 0 Å². The van der Waals surface area contributed by atoms with Crippen molar-refractivity contribution < 1.29 is 18.4 Å². The van der Waals surface area contributed by atoms with Crippen LogP contribution >= 0.6 is 0 Å². The molecule has 3 N–H and O–H groups in total. The van der Waals surface area contributed by atoms with Gasteiger partial charge in [-0.15, -0.1) is 0 Å². The van der Waals surface area contributed by atoms with Crippen molar-refractivity contribution in [1.82, 2.24) is 40.8 Å². The number of carbonyl (C=O) groups excluding carboxylic acids is 2. The minimum atomic E-state index is -1.35. The zero-order valence-corrected chi connectivity index (χ0v) is 20.3. The van der Waals surface area contributed by atoms with Crippen molar-refractivity contribution in [3.63, 3.8) is 0 Å². The summed E-state index contributed by atoms with van der Waals surface area (Å²) < 4.78 is 29.3. The number of H-pyrrole nitrogens is 2. The van der Waals surface area contributed by atoms with Crippen LogP contribution in [-0.2, 0) is 16.0 Å². The van der Waals surface area contributed by atoms with E-state index in [-0.39, 0.29) is 31.0 Å². The summed E-state index contributed by atoms with van der Waals surface area (Å²) in [5, 5.41) is 20.6. The number of rotatable bonds is 7. The lowest BCUT2D eigenvalue weighted by Gasteiger charge is -2.26. The quantitative estimate of drug-likeness (QED) is 0.329. The number of aromatic amines is 2. The minimum Gasteiger partial charge on any atom is -0.342 e. The highest BCUT2D eigenvalue weighted by atomic mass is 19.1. The van der Waals surface area contributed by atoms with Gasteiger partial charge >= 0.3 is 0 Å². The highest BCUT2D eigenvalue weighted by Gasteiger charge is 2.40. The van der Waals surface area contributed by atoms with E-state index in [9.17, 15) is 18.4 Å². The topological polar surface area (TPSA) is 133 Å². The maximum atomic E-state index is 14.9. The Bertz CT molecular complexity index is 1420. The molecule has 4 heterocycles. The van der Waals surface area contributed by atoms with Gasteiger partial charge in [0.15, 0.2) is 0 Å². The van der Waals surface area contributed by atoms with Gasteiger partial charge in [0.05, 0.1) is 48.3 Å². The number of halogens is 2. The van der Waals surface area contributed by atoms with Gasteiger partial charge < -0.3 is 10.2 Å². The second kappa shape index (κ2) is 10.0. The maximum absolute atomic E-state index is 14.9. The Balaban J connectivity index is 1.45. The number of pyridine rings is 1. The minimum absolute atomic E-state index is 0.0693. The van der Waals surface area contributed by atoms with Crippen molar-refractivity contribution in [1.29, 1.82) is 0 Å². The van der Waals surface area contributed by atoms with Crippen molar-refractivity contribution in [2.24, 2.45) is 0 Å². The molecule has 2 amide bonds. The highest BCUT2D eigenvalue weighted by molar-refractivity contribution is 5.89. The molecule has 1 fully saturated rings. The lowest BCUT2D eigenvalue weighted by atomic mass is 9.99. The number of nitrogens with zero attached hydrogens (tertiary/aromatic N) is 5. The molecule has 37 heavy (non-hydrogen) atoms. The van der Waals surface area contributed by atoms with Crippen LogP contribution < -0.4 is 5.32 Å². The van der Waals surface area contributed by atoms with Crippen LogP contribution in [0, 0.1) is 5.95 Å². The number of hydrogen-bond acceptors (Lipinski definition) is 6. The van der Waals surface area contributed by atoms with Gasteiger partial charge in [0, 0.05) is 17.4 Å². The Morgan fingerprint density at radius 2 is 2.03 bits per heavy atom. The van der Waals surface area contributed by atoms with Crippen LogP contribution in [0.15, 0.2) is 42.7 Å². The first kappa shape index (κ1) is 24.5. The lowest BCUT2D eigenvalue weighted by Crippen LogP contribution is -2.47. The third kappa shape index (κ3) is 5.04. The Hall–Kier alpha value is -4.22. The van der Waals surface area contributed by atoms with Gasteiger partial charge in [-0.25, -0.2) is 9.37 Å². The first-order chi connectivity index (χ1) is 17.8. The molecule has 1 aromatic carbocycles. The molecule has 12 heteroatoms. The molecule has 5 rings (SSSR count). The Labute approximate surface area is 210 Å². The number of alkyl halides is 1. The van der Waals surface area contributed by atoms with Crippen LogP contribution in [0.3, 0.4) is 0 Å². The third-order valence-corrected chi connectivity index (χ3v) is 6.57. The summed E-state index contributed by atoms with van der Waals surface area (Å²) >= 11 is 0. The molecular formula is C25H26F2N8O2. The number of nitrogens with one attached hydrogen (secondary N) is 3. The number of fused-ring (bicyclic) bond motifs is 1. The summed E-state index contributed by atoms with van der Waals surface area (Å²) in [4.78, 5) is 31.8. The molecule has 3 atom stereocenters. The molecule has 3 aromatic heterocycles. The Morgan fingerprint density at radius 1 is 1.19 bits per heavy atom. The van der Waals surface area contributed by atoms with Crippen molar-refractivity contribution in [2.75, 3.05) is 6.54 Å². The van der Waals surface area contributed by atoms with Crippen molar-refractivity contribution in [3.8, 4) is 0 Å². The molecule has 4 aromatic rings. The second-order valence-corrected chi connectivity index (χ2v) is 9.46. The van der Waals surface area contributed by atoms with Crippen LogP contribution in [0.4, 0.5) is 8.78 Å². The molecular weight excluding hydrogens is 482 g/mol. The standard InChI is InChI=1S/C25H26F2N8O2/c1-13(2)18-5-6-19(30-24(18)27)23(14-3-4-15-10-28-33-20(15)7-14)31-25(37)21-8-16(26)12-35(21)22(36)9-17-11-29-34-32-17/h3-7,10-11,13,16,21,23H,8-9,12H2,1-2H3,(H,28,33)(H,31,37)(H,29,32,34)/t16-,21+,23-/m1/s1. The Morgan fingerprint density at radius 3 is 2.76 bits per heavy atom. The van der Waals surface area contributed by atoms with Crippen LogP contribution in [-0.4, -0.2) is 66.1 Å². The summed E-state index contributed by atoms with van der Waals surface area (Å²) in [7, 11) is 0. The zero-order valence-electron chi connectivity index (χ0n) is 20.3. The van der Waals surface area contributed by atoms with E-state index in [2.05, 4.69) is 35.9 Å². The average molecular weight is 509 g/mol. The summed E-state index contributed by atoms with van der Waals surface area (Å²) in [6.07, 6.45) is 1.46. The largest absolute Gasteiger partial charge is 0.342 e. The number of benzene rings is 1. The van der Waals surface area contributed by atoms with Crippen LogP contribution in [0.1, 0.15) is 54.7 Å². The van der Waals surface area contributed by atoms with Gasteiger partial charge in [-0.2, -0.15) is 24.9 Å². The third-order valence-electron chi connectivity index (χ3n) is 6.57. The fourth-order valence-electron chi connectivity index (χ4n) is 4.63. The molecule has 1 aliphatic heterocycles. The second-order valence-electron chi connectivity index (χ2n) is 9.46. The highest BCUT2D eigenvalue weighted by Crippen LogP contribution is 2.28. The molecule has 192 valence electrons. The zero-order chi connectivity index (χ0) is 26.1. The van der Waals surface area contributed by atoms with E-state index in [4.69, 9.17) is 0 Å². The molecule has 0 bridgehead atoms. The van der Waals surface area contributed by atoms with E-state index >= 15 is 0 Å². The fraction of sp³-hybridized carbons (Fsp3) is 0.360. The summed E-state index contributed by atoms with van der Waals surface area (Å²) in [6.45, 7) is 3.53. The summed E-state index contributed by atoms with van der Waals surface area (Å²) in [5.74, 6) is -1.68. The number of amides is 2. The predicted molar refractivity (Wildman–Crippen MR) is 129 cm³/mol. The molecule has 0 unspecified atom stereocenters. The first-order valence-corrected chi connectivity index (χ1v) is 12.0. The molecule has 0 spiro atoms. The molecule has 0 radical (unpaired) electrons. The molecule has 10 nitrogen and oxygen atoms in total. The monoisotopic (exact) mass is 508 g/mol. The van der Waals surface area contributed by atoms with Gasteiger partial charge in [0.1, 0.15) is 12.2 Å².